The Hall–Kier alpha value is -1.50. The van der Waals surface area contributed by atoms with E-state index >= 15 is 0 Å². The topological polar surface area (TPSA) is 4.93 Å². The number of fused-ring (bicyclic) bond motifs is 1. The lowest BCUT2D eigenvalue weighted by molar-refractivity contribution is 0.830. The van der Waals surface area contributed by atoms with Crippen LogP contribution in [0.25, 0.3) is 11.1 Å². The van der Waals surface area contributed by atoms with Crippen LogP contribution in [0.5, 0.6) is 0 Å². The molecule has 1 nitrogen and oxygen atoms in total. The highest BCUT2D eigenvalue weighted by atomic mass is 15.2. The van der Waals surface area contributed by atoms with Crippen LogP contribution < -0.4 is 0 Å². The Bertz CT molecular complexity index is 508. The molecule has 0 aliphatic carbocycles. The number of hydrogen-bond acceptors (Lipinski definition) is 0. The first-order valence-electron chi connectivity index (χ1n) is 5.24. The molecular formula is C13H11N. The smallest absolute Gasteiger partial charge is 0.0741 e. The summed E-state index contributed by atoms with van der Waals surface area (Å²) < 4.78 is 2.50. The lowest BCUT2D eigenvalue weighted by Crippen LogP contribution is -1.83. The summed E-state index contributed by atoms with van der Waals surface area (Å²) in [5, 5.41) is 0. The third-order valence-corrected chi connectivity index (χ3v) is 3.50. The summed E-state index contributed by atoms with van der Waals surface area (Å²) in [6.07, 6.45) is 2.62. The molecule has 1 unspecified atom stereocenters. The van der Waals surface area contributed by atoms with Crippen molar-refractivity contribution in [2.45, 2.75) is 18.9 Å². The van der Waals surface area contributed by atoms with Crippen molar-refractivity contribution in [2.75, 3.05) is 0 Å². The van der Waals surface area contributed by atoms with Gasteiger partial charge in [-0.05, 0) is 24.5 Å². The highest BCUT2D eigenvalue weighted by Gasteiger charge is 2.41. The van der Waals surface area contributed by atoms with Crippen LogP contribution in [-0.2, 0) is 6.42 Å². The molecule has 1 heteroatoms. The van der Waals surface area contributed by atoms with Gasteiger partial charge in [-0.2, -0.15) is 0 Å². The fourth-order valence-corrected chi connectivity index (χ4v) is 2.80. The number of benzene rings is 1. The first-order valence-corrected chi connectivity index (χ1v) is 5.24. The predicted molar refractivity (Wildman–Crippen MR) is 56.3 cm³/mol. The molecule has 1 atom stereocenters. The van der Waals surface area contributed by atoms with Crippen molar-refractivity contribution < 1.29 is 0 Å². The SMILES string of the molecule is c1ccc(-c2cc3n4c2CCC34)cc1. The normalized spacial score (nSPS) is 21.0. The summed E-state index contributed by atoms with van der Waals surface area (Å²) >= 11 is 0. The minimum absolute atomic E-state index is 0.803. The summed E-state index contributed by atoms with van der Waals surface area (Å²) in [6, 6.07) is 13.9. The van der Waals surface area contributed by atoms with Crippen LogP contribution in [0.15, 0.2) is 36.4 Å². The van der Waals surface area contributed by atoms with Gasteiger partial charge in [-0.15, -0.1) is 0 Å². The van der Waals surface area contributed by atoms with Gasteiger partial charge < -0.3 is 4.57 Å². The first kappa shape index (κ1) is 6.88. The van der Waals surface area contributed by atoms with Crippen LogP contribution in [0.2, 0.25) is 0 Å². The summed E-state index contributed by atoms with van der Waals surface area (Å²) in [5.41, 5.74) is 5.97. The van der Waals surface area contributed by atoms with Gasteiger partial charge in [0.05, 0.1) is 6.04 Å². The lowest BCUT2D eigenvalue weighted by atomic mass is 10.1. The zero-order chi connectivity index (χ0) is 9.12. The van der Waals surface area contributed by atoms with E-state index in [1.165, 1.54) is 24.0 Å². The fourth-order valence-electron chi connectivity index (χ4n) is 2.80. The Balaban J connectivity index is 1.93. The van der Waals surface area contributed by atoms with E-state index in [1.54, 1.807) is 11.4 Å². The molecule has 14 heavy (non-hydrogen) atoms. The van der Waals surface area contributed by atoms with E-state index in [9.17, 15) is 0 Å². The molecule has 0 saturated heterocycles. The molecule has 0 fully saturated rings. The van der Waals surface area contributed by atoms with Crippen LogP contribution in [0.1, 0.15) is 23.9 Å². The molecule has 1 aromatic carbocycles. The fraction of sp³-hybridized carbons (Fsp3) is 0.231. The standard InChI is InChI=1S/C13H11N/c1-2-4-9(5-3-1)10-8-13-12-7-6-11(10)14(12)13/h1-5,8,12H,6-7H2. The Morgan fingerprint density at radius 1 is 1.14 bits per heavy atom. The van der Waals surface area contributed by atoms with Crippen LogP contribution in [0, 0.1) is 0 Å². The van der Waals surface area contributed by atoms with Gasteiger partial charge in [-0.3, -0.25) is 0 Å². The van der Waals surface area contributed by atoms with E-state index in [0.29, 0.717) is 0 Å². The molecule has 0 N–H and O–H groups in total. The van der Waals surface area contributed by atoms with Gasteiger partial charge in [-0.1, -0.05) is 30.3 Å². The molecule has 4 rings (SSSR count). The molecular weight excluding hydrogens is 170 g/mol. The second-order valence-corrected chi connectivity index (χ2v) is 4.22. The quantitative estimate of drug-likeness (QED) is 0.637. The maximum absolute atomic E-state index is 2.50. The molecule has 0 radical (unpaired) electrons. The Labute approximate surface area is 83.0 Å². The van der Waals surface area contributed by atoms with Crippen LogP contribution in [-0.4, -0.2) is 4.57 Å². The highest BCUT2D eigenvalue weighted by Crippen LogP contribution is 2.51. The second-order valence-electron chi connectivity index (χ2n) is 4.22. The van der Waals surface area contributed by atoms with Crippen LogP contribution >= 0.6 is 0 Å². The minimum Gasteiger partial charge on any atom is -0.337 e. The molecule has 0 saturated carbocycles. The second kappa shape index (κ2) is 2.11. The van der Waals surface area contributed by atoms with Gasteiger partial charge in [0.1, 0.15) is 0 Å². The first-order chi connectivity index (χ1) is 6.95. The van der Waals surface area contributed by atoms with Crippen molar-refractivity contribution >= 4 is 0 Å². The molecule has 68 valence electrons. The number of hydrogen-bond donors (Lipinski definition) is 0. The van der Waals surface area contributed by atoms with Crippen molar-refractivity contribution in [3.05, 3.63) is 47.8 Å². The largest absolute Gasteiger partial charge is 0.337 e. The number of aromatic nitrogens is 1. The van der Waals surface area contributed by atoms with Gasteiger partial charge >= 0.3 is 0 Å². The van der Waals surface area contributed by atoms with Crippen molar-refractivity contribution in [1.29, 1.82) is 0 Å². The zero-order valence-corrected chi connectivity index (χ0v) is 7.90. The Morgan fingerprint density at radius 3 is 2.79 bits per heavy atom. The lowest BCUT2D eigenvalue weighted by Gasteiger charge is -2.00. The Kier molecular flexibility index (Phi) is 1.04. The highest BCUT2D eigenvalue weighted by molar-refractivity contribution is 5.71. The number of nitrogens with zero attached hydrogens (tertiary/aromatic N) is 1. The molecule has 2 aromatic rings. The predicted octanol–water partition coefficient (Wildman–Crippen LogP) is 3.00. The molecule has 3 heterocycles. The molecule has 2 aliphatic heterocycles. The third kappa shape index (κ3) is 0.674. The van der Waals surface area contributed by atoms with Crippen molar-refractivity contribution in [1.82, 2.24) is 4.57 Å². The average Bonchev–Trinajstić information content (AvgIpc) is 2.62. The summed E-state index contributed by atoms with van der Waals surface area (Å²) in [5.74, 6) is 0. The molecule has 0 spiro atoms. The Morgan fingerprint density at radius 2 is 2.00 bits per heavy atom. The summed E-state index contributed by atoms with van der Waals surface area (Å²) in [4.78, 5) is 0. The van der Waals surface area contributed by atoms with Gasteiger partial charge in [0, 0.05) is 17.0 Å². The van der Waals surface area contributed by atoms with E-state index in [4.69, 9.17) is 0 Å². The van der Waals surface area contributed by atoms with Crippen molar-refractivity contribution in [3.8, 4) is 11.1 Å². The van der Waals surface area contributed by atoms with E-state index in [0.717, 1.165) is 6.04 Å². The van der Waals surface area contributed by atoms with Crippen LogP contribution in [0.4, 0.5) is 0 Å². The average molecular weight is 181 g/mol. The van der Waals surface area contributed by atoms with E-state index < -0.39 is 0 Å². The molecule has 2 aliphatic rings. The van der Waals surface area contributed by atoms with Gasteiger partial charge in [0.15, 0.2) is 0 Å². The van der Waals surface area contributed by atoms with Crippen LogP contribution in [0.3, 0.4) is 0 Å². The molecule has 0 bridgehead atoms. The molecule has 1 aromatic heterocycles. The maximum atomic E-state index is 2.50. The van der Waals surface area contributed by atoms with Gasteiger partial charge in [0.2, 0.25) is 0 Å². The molecule has 0 amide bonds. The maximum Gasteiger partial charge on any atom is 0.0741 e. The van der Waals surface area contributed by atoms with Gasteiger partial charge in [-0.25, -0.2) is 0 Å². The summed E-state index contributed by atoms with van der Waals surface area (Å²) in [6.45, 7) is 0. The van der Waals surface area contributed by atoms with E-state index in [2.05, 4.69) is 41.0 Å². The van der Waals surface area contributed by atoms with E-state index in [-0.39, 0.29) is 0 Å². The van der Waals surface area contributed by atoms with E-state index in [1.807, 2.05) is 0 Å². The summed E-state index contributed by atoms with van der Waals surface area (Å²) in [7, 11) is 0. The van der Waals surface area contributed by atoms with Gasteiger partial charge in [0.25, 0.3) is 0 Å². The van der Waals surface area contributed by atoms with Crippen molar-refractivity contribution in [3.63, 3.8) is 0 Å². The number of rotatable bonds is 1. The monoisotopic (exact) mass is 181 g/mol. The van der Waals surface area contributed by atoms with Crippen molar-refractivity contribution in [2.24, 2.45) is 0 Å². The minimum atomic E-state index is 0.803. The third-order valence-electron chi connectivity index (χ3n) is 3.50. The zero-order valence-electron chi connectivity index (χ0n) is 7.90.